The van der Waals surface area contributed by atoms with Gasteiger partial charge in [0.25, 0.3) is 0 Å². The zero-order valence-corrected chi connectivity index (χ0v) is 11.9. The Labute approximate surface area is 117 Å². The minimum atomic E-state index is -3.78. The van der Waals surface area contributed by atoms with Crippen LogP contribution in [0.1, 0.15) is 30.1 Å². The molecule has 0 saturated carbocycles. The van der Waals surface area contributed by atoms with E-state index in [2.05, 4.69) is 0 Å². The lowest BCUT2D eigenvalue weighted by Gasteiger charge is -2.35. The van der Waals surface area contributed by atoms with Gasteiger partial charge in [0.1, 0.15) is 0 Å². The van der Waals surface area contributed by atoms with Gasteiger partial charge in [0, 0.05) is 13.1 Å². The molecule has 1 saturated heterocycles. The summed E-state index contributed by atoms with van der Waals surface area (Å²) in [6.45, 7) is 1.95. The normalized spacial score (nSPS) is 24.5. The van der Waals surface area contributed by atoms with Crippen molar-refractivity contribution in [2.75, 3.05) is 13.1 Å². The molecule has 0 amide bonds. The summed E-state index contributed by atoms with van der Waals surface area (Å²) in [6, 6.07) is 5.25. The Kier molecular flexibility index (Phi) is 3.86. The first-order valence-corrected chi connectivity index (χ1v) is 7.72. The van der Waals surface area contributed by atoms with Crippen LogP contribution in [0.3, 0.4) is 0 Å². The molecule has 6 nitrogen and oxygen atoms in total. The molecule has 0 spiro atoms. The molecule has 1 aromatic carbocycles. The fourth-order valence-electron chi connectivity index (χ4n) is 2.32. The Balaban J connectivity index is 2.35. The minimum Gasteiger partial charge on any atom is -0.478 e. The molecule has 1 aromatic rings. The van der Waals surface area contributed by atoms with Gasteiger partial charge < -0.3 is 10.2 Å². The molecular formula is C13H17NO5S. The minimum absolute atomic E-state index is 0.0205. The van der Waals surface area contributed by atoms with Crippen molar-refractivity contribution < 1.29 is 23.4 Å². The van der Waals surface area contributed by atoms with Gasteiger partial charge in [-0.05, 0) is 38.0 Å². The lowest BCUT2D eigenvalue weighted by Crippen LogP contribution is -2.48. The fourth-order valence-corrected chi connectivity index (χ4v) is 3.96. The highest BCUT2D eigenvalue weighted by Crippen LogP contribution is 2.26. The number of benzene rings is 1. The van der Waals surface area contributed by atoms with E-state index in [9.17, 15) is 18.3 Å². The van der Waals surface area contributed by atoms with Crippen LogP contribution in [0.15, 0.2) is 29.2 Å². The van der Waals surface area contributed by atoms with Crippen molar-refractivity contribution in [1.82, 2.24) is 4.31 Å². The average molecular weight is 299 g/mol. The number of hydrogen-bond donors (Lipinski definition) is 2. The van der Waals surface area contributed by atoms with Crippen LogP contribution in [0.2, 0.25) is 0 Å². The number of sulfonamides is 1. The van der Waals surface area contributed by atoms with Crippen LogP contribution in [0.25, 0.3) is 0 Å². The molecule has 7 heteroatoms. The van der Waals surface area contributed by atoms with Crippen molar-refractivity contribution in [1.29, 1.82) is 0 Å². The van der Waals surface area contributed by atoms with Crippen LogP contribution < -0.4 is 0 Å². The van der Waals surface area contributed by atoms with Gasteiger partial charge in [0.05, 0.1) is 16.1 Å². The first-order valence-electron chi connectivity index (χ1n) is 6.28. The van der Waals surface area contributed by atoms with Gasteiger partial charge in [-0.3, -0.25) is 0 Å². The number of carbonyl (C=O) groups is 1. The molecule has 1 heterocycles. The molecule has 0 aliphatic carbocycles. The Morgan fingerprint density at radius 1 is 1.40 bits per heavy atom. The molecule has 1 unspecified atom stereocenters. The highest BCUT2D eigenvalue weighted by Gasteiger charge is 2.35. The Hall–Kier alpha value is -1.44. The smallest absolute Gasteiger partial charge is 0.335 e. The average Bonchev–Trinajstić information content (AvgIpc) is 2.37. The lowest BCUT2D eigenvalue weighted by atomic mass is 9.97. The van der Waals surface area contributed by atoms with Crippen molar-refractivity contribution >= 4 is 16.0 Å². The maximum Gasteiger partial charge on any atom is 0.335 e. The van der Waals surface area contributed by atoms with Crippen molar-refractivity contribution in [3.05, 3.63) is 29.8 Å². The van der Waals surface area contributed by atoms with E-state index in [4.69, 9.17) is 5.11 Å². The summed E-state index contributed by atoms with van der Waals surface area (Å²) in [5, 5.41) is 18.9. The standard InChI is InChI=1S/C13H17NO5S/c1-13(17)6-3-7-14(9-13)20(18,19)11-5-2-4-10(8-11)12(15)16/h2,4-5,8,17H,3,6-7,9H2,1H3,(H,15,16). The van der Waals surface area contributed by atoms with Gasteiger partial charge >= 0.3 is 5.97 Å². The van der Waals surface area contributed by atoms with Crippen LogP contribution in [-0.2, 0) is 10.0 Å². The van der Waals surface area contributed by atoms with Gasteiger partial charge in [0.15, 0.2) is 0 Å². The number of hydrogen-bond acceptors (Lipinski definition) is 4. The largest absolute Gasteiger partial charge is 0.478 e. The first-order chi connectivity index (χ1) is 9.22. The van der Waals surface area contributed by atoms with E-state index >= 15 is 0 Å². The third kappa shape index (κ3) is 3.00. The van der Waals surface area contributed by atoms with E-state index in [1.807, 2.05) is 0 Å². The lowest BCUT2D eigenvalue weighted by molar-refractivity contribution is 0.00939. The number of nitrogens with zero attached hydrogens (tertiary/aromatic N) is 1. The third-order valence-corrected chi connectivity index (χ3v) is 5.20. The van der Waals surface area contributed by atoms with Crippen LogP contribution >= 0.6 is 0 Å². The van der Waals surface area contributed by atoms with E-state index in [1.165, 1.54) is 22.5 Å². The summed E-state index contributed by atoms with van der Waals surface area (Å²) in [5.74, 6) is -1.17. The highest BCUT2D eigenvalue weighted by atomic mass is 32.2. The van der Waals surface area contributed by atoms with Crippen molar-refractivity contribution in [3.8, 4) is 0 Å². The van der Waals surface area contributed by atoms with Gasteiger partial charge in [-0.15, -0.1) is 0 Å². The van der Waals surface area contributed by atoms with Gasteiger partial charge in [-0.25, -0.2) is 13.2 Å². The Morgan fingerprint density at radius 2 is 2.10 bits per heavy atom. The fraction of sp³-hybridized carbons (Fsp3) is 0.462. The number of carboxylic acids is 1. The molecule has 0 aromatic heterocycles. The molecule has 1 aliphatic heterocycles. The van der Waals surface area contributed by atoms with Crippen LogP contribution in [0.5, 0.6) is 0 Å². The summed E-state index contributed by atoms with van der Waals surface area (Å²) in [5.41, 5.74) is -1.12. The van der Waals surface area contributed by atoms with E-state index in [0.717, 1.165) is 6.07 Å². The van der Waals surface area contributed by atoms with Gasteiger partial charge in [0.2, 0.25) is 10.0 Å². The highest BCUT2D eigenvalue weighted by molar-refractivity contribution is 7.89. The van der Waals surface area contributed by atoms with Crippen molar-refractivity contribution in [3.63, 3.8) is 0 Å². The second-order valence-corrected chi connectivity index (χ2v) is 7.21. The topological polar surface area (TPSA) is 94.9 Å². The SMILES string of the molecule is CC1(O)CCCN(S(=O)(=O)c2cccc(C(=O)O)c2)C1. The maximum atomic E-state index is 12.5. The number of rotatable bonds is 3. The summed E-state index contributed by atoms with van der Waals surface area (Å²) in [6.07, 6.45) is 1.12. The van der Waals surface area contributed by atoms with E-state index in [-0.39, 0.29) is 17.0 Å². The Bertz CT molecular complexity index is 623. The summed E-state index contributed by atoms with van der Waals surface area (Å²) in [4.78, 5) is 10.9. The van der Waals surface area contributed by atoms with Crippen molar-refractivity contribution in [2.24, 2.45) is 0 Å². The molecule has 1 fully saturated rings. The molecule has 20 heavy (non-hydrogen) atoms. The first kappa shape index (κ1) is 15.0. The van der Waals surface area contributed by atoms with Gasteiger partial charge in [-0.1, -0.05) is 6.07 Å². The number of piperidine rings is 1. The predicted octanol–water partition coefficient (Wildman–Crippen LogP) is 0.920. The second kappa shape index (κ2) is 5.16. The Morgan fingerprint density at radius 3 is 2.70 bits per heavy atom. The molecule has 1 atom stereocenters. The molecule has 0 bridgehead atoms. The molecule has 0 radical (unpaired) electrons. The quantitative estimate of drug-likeness (QED) is 0.865. The van der Waals surface area contributed by atoms with Crippen LogP contribution in [-0.4, -0.2) is 47.6 Å². The number of aromatic carboxylic acids is 1. The monoisotopic (exact) mass is 299 g/mol. The second-order valence-electron chi connectivity index (χ2n) is 5.27. The van der Waals surface area contributed by atoms with E-state index < -0.39 is 21.6 Å². The molecular weight excluding hydrogens is 282 g/mol. The zero-order valence-electron chi connectivity index (χ0n) is 11.1. The molecule has 2 rings (SSSR count). The maximum absolute atomic E-state index is 12.5. The number of aliphatic hydroxyl groups is 1. The van der Waals surface area contributed by atoms with Crippen LogP contribution in [0.4, 0.5) is 0 Å². The summed E-state index contributed by atoms with van der Waals surface area (Å²) in [7, 11) is -3.78. The van der Waals surface area contributed by atoms with Gasteiger partial charge in [-0.2, -0.15) is 4.31 Å². The number of β-amino-alcohol motifs (C(OH)–C–C–N with tert-alkyl or cyclic N) is 1. The third-order valence-electron chi connectivity index (χ3n) is 3.36. The molecule has 2 N–H and O–H groups in total. The van der Waals surface area contributed by atoms with Crippen molar-refractivity contribution in [2.45, 2.75) is 30.3 Å². The predicted molar refractivity (Wildman–Crippen MR) is 72.0 cm³/mol. The van der Waals surface area contributed by atoms with Crippen LogP contribution in [0, 0.1) is 0 Å². The summed E-state index contributed by atoms with van der Waals surface area (Å²) < 4.78 is 26.1. The van der Waals surface area contributed by atoms with E-state index in [1.54, 1.807) is 6.92 Å². The number of carboxylic acid groups (broad SMARTS) is 1. The van der Waals surface area contributed by atoms with E-state index in [0.29, 0.717) is 19.4 Å². The molecule has 1 aliphatic rings. The summed E-state index contributed by atoms with van der Waals surface area (Å²) >= 11 is 0. The zero-order chi connectivity index (χ0) is 15.0. The molecule has 110 valence electrons.